The zero-order valence-electron chi connectivity index (χ0n) is 18.0. The third-order valence-electron chi connectivity index (χ3n) is 5.34. The third-order valence-corrected chi connectivity index (χ3v) is 5.34. The number of aliphatic hydroxyl groups excluding tert-OH is 1. The summed E-state index contributed by atoms with van der Waals surface area (Å²) in [5.74, 6) is -0.898. The first-order chi connectivity index (χ1) is 16.0. The van der Waals surface area contributed by atoms with Crippen molar-refractivity contribution in [2.45, 2.75) is 19.4 Å². The van der Waals surface area contributed by atoms with Gasteiger partial charge in [-0.05, 0) is 48.9 Å². The van der Waals surface area contributed by atoms with Crippen LogP contribution in [0.1, 0.15) is 13.3 Å². The summed E-state index contributed by atoms with van der Waals surface area (Å²) in [5.41, 5.74) is 2.42. The van der Waals surface area contributed by atoms with Crippen LogP contribution in [-0.4, -0.2) is 28.8 Å². The number of benzene rings is 3. The molecule has 4 rings (SSSR count). The van der Waals surface area contributed by atoms with Crippen LogP contribution in [0.15, 0.2) is 72.8 Å². The van der Waals surface area contributed by atoms with Gasteiger partial charge in [0.1, 0.15) is 11.6 Å². The van der Waals surface area contributed by atoms with Crippen LogP contribution in [0.25, 0.3) is 33.3 Å². The Bertz CT molecular complexity index is 1310. The van der Waals surface area contributed by atoms with Gasteiger partial charge < -0.3 is 15.7 Å². The van der Waals surface area contributed by atoms with E-state index in [1.165, 1.54) is 12.1 Å². The topological polar surface area (TPSA) is 74.2 Å². The summed E-state index contributed by atoms with van der Waals surface area (Å²) in [5, 5.41) is 15.6. The van der Waals surface area contributed by atoms with Crippen LogP contribution < -0.4 is 10.6 Å². The first kappa shape index (κ1) is 22.4. The number of fused-ring (bicyclic) bond motifs is 1. The molecule has 0 radical (unpaired) electrons. The molecule has 5 nitrogen and oxygen atoms in total. The Morgan fingerprint density at radius 2 is 1.61 bits per heavy atom. The van der Waals surface area contributed by atoms with Gasteiger partial charge in [-0.1, -0.05) is 37.3 Å². The van der Waals surface area contributed by atoms with Gasteiger partial charge >= 0.3 is 6.03 Å². The van der Waals surface area contributed by atoms with Crippen molar-refractivity contribution in [1.29, 1.82) is 0 Å². The molecule has 0 fully saturated rings. The van der Waals surface area contributed by atoms with Gasteiger partial charge in [-0.25, -0.2) is 18.6 Å². The lowest BCUT2D eigenvalue weighted by Gasteiger charge is -2.14. The molecule has 0 saturated carbocycles. The molecule has 0 spiro atoms. The summed E-state index contributed by atoms with van der Waals surface area (Å²) in [6.07, 6.45) is -0.0814. The van der Waals surface area contributed by atoms with Gasteiger partial charge in [-0.15, -0.1) is 0 Å². The standard InChI is InChI=1S/C26H23F2N3O2/c1-2-18(32)15-29-26(33)30-17-11-12-24-16(13-17)14-21(19-7-3-5-9-22(19)27)25(31-24)20-8-4-6-10-23(20)28/h3-14,18,32H,2,15H2,1H3,(H2,29,30,33)/t18-/m1/s1. The molecule has 3 N–H and O–H groups in total. The molecule has 4 aromatic rings. The summed E-state index contributed by atoms with van der Waals surface area (Å²) in [4.78, 5) is 16.8. The molecule has 0 saturated heterocycles. The lowest BCUT2D eigenvalue weighted by atomic mass is 9.96. The summed E-state index contributed by atoms with van der Waals surface area (Å²) >= 11 is 0. The van der Waals surface area contributed by atoms with Crippen LogP contribution in [0.2, 0.25) is 0 Å². The van der Waals surface area contributed by atoms with Crippen LogP contribution in [0.4, 0.5) is 19.3 Å². The molecule has 0 bridgehead atoms. The highest BCUT2D eigenvalue weighted by Crippen LogP contribution is 2.36. The number of hydrogen-bond acceptors (Lipinski definition) is 3. The number of halogens is 2. The number of pyridine rings is 1. The van der Waals surface area contributed by atoms with E-state index in [2.05, 4.69) is 15.6 Å². The number of carbonyl (C=O) groups is 1. The first-order valence-corrected chi connectivity index (χ1v) is 10.6. The molecule has 0 aliphatic carbocycles. The predicted octanol–water partition coefficient (Wildman–Crippen LogP) is 5.74. The summed E-state index contributed by atoms with van der Waals surface area (Å²) in [6, 6.07) is 18.9. The number of urea groups is 1. The third kappa shape index (κ3) is 4.99. The molecule has 33 heavy (non-hydrogen) atoms. The second-order valence-electron chi connectivity index (χ2n) is 7.65. The largest absolute Gasteiger partial charge is 0.391 e. The summed E-state index contributed by atoms with van der Waals surface area (Å²) in [6.45, 7) is 1.96. The van der Waals surface area contributed by atoms with E-state index >= 15 is 0 Å². The Morgan fingerprint density at radius 1 is 0.939 bits per heavy atom. The highest BCUT2D eigenvalue weighted by Gasteiger charge is 2.17. The van der Waals surface area contributed by atoms with Crippen molar-refractivity contribution in [3.05, 3.63) is 84.4 Å². The van der Waals surface area contributed by atoms with Crippen molar-refractivity contribution in [3.63, 3.8) is 0 Å². The zero-order chi connectivity index (χ0) is 23.4. The second-order valence-corrected chi connectivity index (χ2v) is 7.65. The minimum absolute atomic E-state index is 0.140. The average Bonchev–Trinajstić information content (AvgIpc) is 2.82. The zero-order valence-corrected chi connectivity index (χ0v) is 18.0. The van der Waals surface area contributed by atoms with Gasteiger partial charge in [0.2, 0.25) is 0 Å². The van der Waals surface area contributed by atoms with Gasteiger partial charge in [-0.2, -0.15) is 0 Å². The number of anilines is 1. The Balaban J connectivity index is 1.77. The van der Waals surface area contributed by atoms with E-state index in [4.69, 9.17) is 0 Å². The van der Waals surface area contributed by atoms with E-state index in [1.54, 1.807) is 60.7 Å². The molecular weight excluding hydrogens is 424 g/mol. The fourth-order valence-corrected chi connectivity index (χ4v) is 3.53. The Labute approximate surface area is 190 Å². The van der Waals surface area contributed by atoms with Gasteiger partial charge in [0.25, 0.3) is 0 Å². The lowest BCUT2D eigenvalue weighted by Crippen LogP contribution is -2.34. The second kappa shape index (κ2) is 9.75. The maximum absolute atomic E-state index is 14.7. The normalized spacial score (nSPS) is 11.9. The monoisotopic (exact) mass is 447 g/mol. The minimum atomic E-state index is -0.614. The fourth-order valence-electron chi connectivity index (χ4n) is 3.53. The number of nitrogens with zero attached hydrogens (tertiary/aromatic N) is 1. The van der Waals surface area contributed by atoms with Crippen molar-refractivity contribution in [2.24, 2.45) is 0 Å². The van der Waals surface area contributed by atoms with E-state index in [0.717, 1.165) is 0 Å². The van der Waals surface area contributed by atoms with Crippen molar-refractivity contribution in [2.75, 3.05) is 11.9 Å². The van der Waals surface area contributed by atoms with E-state index in [0.29, 0.717) is 39.8 Å². The molecule has 0 aliphatic heterocycles. The Morgan fingerprint density at radius 3 is 2.27 bits per heavy atom. The van der Waals surface area contributed by atoms with Crippen LogP contribution in [0, 0.1) is 11.6 Å². The molecule has 2 amide bonds. The number of carbonyl (C=O) groups excluding carboxylic acids is 1. The van der Waals surface area contributed by atoms with E-state index in [-0.39, 0.29) is 12.1 Å². The van der Waals surface area contributed by atoms with Crippen molar-refractivity contribution in [3.8, 4) is 22.4 Å². The maximum Gasteiger partial charge on any atom is 0.319 e. The van der Waals surface area contributed by atoms with Gasteiger partial charge in [0, 0.05) is 34.3 Å². The smallest absolute Gasteiger partial charge is 0.319 e. The van der Waals surface area contributed by atoms with Gasteiger partial charge in [-0.3, -0.25) is 0 Å². The highest BCUT2D eigenvalue weighted by molar-refractivity contribution is 5.96. The quantitative estimate of drug-likeness (QED) is 0.353. The molecular formula is C26H23F2N3O2. The van der Waals surface area contributed by atoms with Crippen molar-refractivity contribution in [1.82, 2.24) is 10.3 Å². The van der Waals surface area contributed by atoms with Crippen LogP contribution >= 0.6 is 0 Å². The number of rotatable bonds is 6. The van der Waals surface area contributed by atoms with Gasteiger partial charge in [0.05, 0.1) is 17.3 Å². The predicted molar refractivity (Wildman–Crippen MR) is 126 cm³/mol. The number of aliphatic hydroxyl groups is 1. The molecule has 0 unspecified atom stereocenters. The van der Waals surface area contributed by atoms with Crippen LogP contribution in [-0.2, 0) is 0 Å². The van der Waals surface area contributed by atoms with E-state index in [1.807, 2.05) is 6.92 Å². The Hall–Kier alpha value is -3.84. The lowest BCUT2D eigenvalue weighted by molar-refractivity contribution is 0.168. The number of amides is 2. The van der Waals surface area contributed by atoms with Crippen molar-refractivity contribution >= 4 is 22.6 Å². The van der Waals surface area contributed by atoms with E-state index in [9.17, 15) is 18.7 Å². The number of hydrogen-bond donors (Lipinski definition) is 3. The number of nitrogens with one attached hydrogen (secondary N) is 2. The van der Waals surface area contributed by atoms with Crippen molar-refractivity contribution < 1.29 is 18.7 Å². The molecule has 0 aliphatic rings. The maximum atomic E-state index is 14.7. The molecule has 1 atom stereocenters. The van der Waals surface area contributed by atoms with Gasteiger partial charge in [0.15, 0.2) is 0 Å². The summed E-state index contributed by atoms with van der Waals surface area (Å²) in [7, 11) is 0. The summed E-state index contributed by atoms with van der Waals surface area (Å²) < 4.78 is 29.3. The Kier molecular flexibility index (Phi) is 6.60. The molecule has 7 heteroatoms. The minimum Gasteiger partial charge on any atom is -0.391 e. The molecule has 1 aromatic heterocycles. The van der Waals surface area contributed by atoms with E-state index < -0.39 is 23.8 Å². The first-order valence-electron chi connectivity index (χ1n) is 10.6. The van der Waals surface area contributed by atoms with Crippen LogP contribution in [0.3, 0.4) is 0 Å². The number of aromatic nitrogens is 1. The highest BCUT2D eigenvalue weighted by atomic mass is 19.1. The van der Waals surface area contributed by atoms with Crippen LogP contribution in [0.5, 0.6) is 0 Å². The average molecular weight is 447 g/mol. The SMILES string of the molecule is CC[C@@H](O)CNC(=O)Nc1ccc2nc(-c3ccccc3F)c(-c3ccccc3F)cc2c1. The molecule has 168 valence electrons. The molecule has 1 heterocycles. The molecule has 3 aromatic carbocycles. The fraction of sp³-hybridized carbons (Fsp3) is 0.154.